The number of amidine groups is 1. The number of thioether (sulfide) groups is 1. The summed E-state index contributed by atoms with van der Waals surface area (Å²) in [6.07, 6.45) is 2.10. The van der Waals surface area contributed by atoms with Crippen molar-refractivity contribution < 1.29 is 19.1 Å². The molecule has 8 nitrogen and oxygen atoms in total. The van der Waals surface area contributed by atoms with Crippen LogP contribution in [0.25, 0.3) is 0 Å². The van der Waals surface area contributed by atoms with Crippen molar-refractivity contribution in [1.82, 2.24) is 15.1 Å². The molecule has 33 heavy (non-hydrogen) atoms. The first-order chi connectivity index (χ1) is 15.9. The first-order valence-corrected chi connectivity index (χ1v) is 11.9. The highest BCUT2D eigenvalue weighted by Crippen LogP contribution is 2.46. The summed E-state index contributed by atoms with van der Waals surface area (Å²) in [6.45, 7) is 3.77. The van der Waals surface area contributed by atoms with Gasteiger partial charge in [0, 0.05) is 17.3 Å². The van der Waals surface area contributed by atoms with E-state index in [1.165, 1.54) is 18.9 Å². The van der Waals surface area contributed by atoms with Gasteiger partial charge in [0.15, 0.2) is 5.17 Å². The highest BCUT2D eigenvalue weighted by Gasteiger charge is 2.42. The first-order valence-electron chi connectivity index (χ1n) is 11.1. The van der Waals surface area contributed by atoms with Crippen molar-refractivity contribution >= 4 is 28.8 Å². The lowest BCUT2D eigenvalue weighted by molar-refractivity contribution is -0.136. The normalized spacial score (nSPS) is 21.3. The first kappa shape index (κ1) is 23.4. The molecule has 1 amide bonds. The molecule has 176 valence electrons. The fraction of sp³-hybridized carbons (Fsp3) is 0.458. The second-order valence-electron chi connectivity index (χ2n) is 8.45. The van der Waals surface area contributed by atoms with E-state index in [2.05, 4.69) is 22.3 Å². The molecule has 1 aromatic rings. The van der Waals surface area contributed by atoms with Crippen LogP contribution in [0.3, 0.4) is 0 Å². The standard InChI is InChI=1S/C24H30N4O4S/c1-15-21(23(30)32-4)22(18-7-5-6-8-19(18)31-3)28-17(14-33-24(28)25-15)13-20(29)26-16-9-11-27(2)12-10-16/h5-8,14,16,22H,9-13H2,1-4H3,(H,26,29). The Bertz CT molecular complexity index is 1030. The van der Waals surface area contributed by atoms with E-state index in [-0.39, 0.29) is 18.4 Å². The molecule has 4 rings (SSSR count). The highest BCUT2D eigenvalue weighted by atomic mass is 32.2. The maximum absolute atomic E-state index is 13.0. The quantitative estimate of drug-likeness (QED) is 0.640. The van der Waals surface area contributed by atoms with E-state index >= 15 is 0 Å². The molecule has 1 N–H and O–H groups in total. The van der Waals surface area contributed by atoms with Gasteiger partial charge in [-0.1, -0.05) is 30.0 Å². The lowest BCUT2D eigenvalue weighted by atomic mass is 9.93. The molecule has 0 saturated carbocycles. The molecule has 0 aromatic heterocycles. The Morgan fingerprint density at radius 3 is 2.64 bits per heavy atom. The summed E-state index contributed by atoms with van der Waals surface area (Å²) in [5.74, 6) is 0.186. The van der Waals surface area contributed by atoms with Crippen LogP contribution in [-0.4, -0.2) is 67.2 Å². The number of methoxy groups -OCH3 is 2. The monoisotopic (exact) mass is 470 g/mol. The Kier molecular flexibility index (Phi) is 7.09. The number of likely N-dealkylation sites (tertiary alicyclic amines) is 1. The lowest BCUT2D eigenvalue weighted by Gasteiger charge is -2.36. The molecular formula is C24H30N4O4S. The van der Waals surface area contributed by atoms with Crippen LogP contribution in [0.1, 0.15) is 37.8 Å². The molecule has 0 radical (unpaired) electrons. The molecule has 0 aliphatic carbocycles. The maximum Gasteiger partial charge on any atom is 0.338 e. The van der Waals surface area contributed by atoms with Crippen LogP contribution in [0.5, 0.6) is 5.75 Å². The van der Waals surface area contributed by atoms with Crippen LogP contribution in [-0.2, 0) is 14.3 Å². The van der Waals surface area contributed by atoms with Crippen LogP contribution in [0, 0.1) is 0 Å². The second-order valence-corrected chi connectivity index (χ2v) is 9.28. The number of benzene rings is 1. The third kappa shape index (κ3) is 4.79. The van der Waals surface area contributed by atoms with E-state index in [1.54, 1.807) is 7.11 Å². The number of nitrogens with zero attached hydrogens (tertiary/aromatic N) is 3. The Hall–Kier alpha value is -2.78. The number of hydrogen-bond donors (Lipinski definition) is 1. The average Bonchev–Trinajstić information content (AvgIpc) is 3.20. The van der Waals surface area contributed by atoms with Crippen molar-refractivity contribution in [1.29, 1.82) is 0 Å². The van der Waals surface area contributed by atoms with Crippen LogP contribution < -0.4 is 10.1 Å². The minimum Gasteiger partial charge on any atom is -0.496 e. The summed E-state index contributed by atoms with van der Waals surface area (Å²) in [5, 5.41) is 5.86. The number of rotatable bonds is 6. The average molecular weight is 471 g/mol. The third-order valence-electron chi connectivity index (χ3n) is 6.26. The Morgan fingerprint density at radius 1 is 1.21 bits per heavy atom. The van der Waals surface area contributed by atoms with Crippen molar-refractivity contribution in [3.05, 3.63) is 52.2 Å². The van der Waals surface area contributed by atoms with Gasteiger partial charge in [-0.15, -0.1) is 0 Å². The number of para-hydroxylation sites is 1. The lowest BCUT2D eigenvalue weighted by Crippen LogP contribution is -2.44. The van der Waals surface area contributed by atoms with E-state index in [9.17, 15) is 9.59 Å². The predicted molar refractivity (Wildman–Crippen MR) is 129 cm³/mol. The number of nitrogens with one attached hydrogen (secondary N) is 1. The maximum atomic E-state index is 13.0. The van der Waals surface area contributed by atoms with Crippen molar-refractivity contribution in [2.75, 3.05) is 34.4 Å². The van der Waals surface area contributed by atoms with Crippen LogP contribution in [0.2, 0.25) is 0 Å². The Labute approximate surface area is 198 Å². The van der Waals surface area contributed by atoms with Crippen molar-refractivity contribution in [3.8, 4) is 5.75 Å². The summed E-state index contributed by atoms with van der Waals surface area (Å²) < 4.78 is 10.7. The van der Waals surface area contributed by atoms with E-state index in [0.717, 1.165) is 42.4 Å². The fourth-order valence-electron chi connectivity index (χ4n) is 4.52. The minimum atomic E-state index is -0.501. The molecule has 1 aromatic carbocycles. The number of carbonyl (C=O) groups excluding carboxylic acids is 2. The van der Waals surface area contributed by atoms with Crippen LogP contribution in [0.4, 0.5) is 0 Å². The number of aliphatic imine (C=N–C) groups is 1. The zero-order valence-corrected chi connectivity index (χ0v) is 20.3. The predicted octanol–water partition coefficient (Wildman–Crippen LogP) is 3.04. The third-order valence-corrected chi connectivity index (χ3v) is 7.15. The molecule has 1 saturated heterocycles. The zero-order chi connectivity index (χ0) is 23.5. The number of carbonyl (C=O) groups is 2. The number of ether oxygens (including phenoxy) is 2. The Morgan fingerprint density at radius 2 is 1.94 bits per heavy atom. The van der Waals surface area contributed by atoms with Gasteiger partial charge in [-0.25, -0.2) is 9.79 Å². The number of fused-ring (bicyclic) bond motifs is 1. The SMILES string of the molecule is COC(=O)C1=C(C)N=C2SC=C(CC(=O)NC3CCN(C)CC3)N2C1c1ccccc1OC. The molecule has 3 aliphatic rings. The topological polar surface area (TPSA) is 83.5 Å². The number of esters is 1. The molecular weight excluding hydrogens is 440 g/mol. The summed E-state index contributed by atoms with van der Waals surface area (Å²) in [7, 11) is 5.07. The highest BCUT2D eigenvalue weighted by molar-refractivity contribution is 8.16. The van der Waals surface area contributed by atoms with Crippen LogP contribution >= 0.6 is 11.8 Å². The van der Waals surface area contributed by atoms with Gasteiger partial charge in [0.2, 0.25) is 5.91 Å². The molecule has 0 bridgehead atoms. The number of piperidine rings is 1. The summed E-state index contributed by atoms with van der Waals surface area (Å²) in [4.78, 5) is 34.7. The fourth-order valence-corrected chi connectivity index (χ4v) is 5.49. The second kappa shape index (κ2) is 10.0. The van der Waals surface area contributed by atoms with Crippen molar-refractivity contribution in [2.24, 2.45) is 4.99 Å². The molecule has 0 spiro atoms. The van der Waals surface area contributed by atoms with E-state index < -0.39 is 12.0 Å². The smallest absolute Gasteiger partial charge is 0.338 e. The molecule has 3 heterocycles. The zero-order valence-electron chi connectivity index (χ0n) is 19.5. The molecule has 1 unspecified atom stereocenters. The van der Waals surface area contributed by atoms with Gasteiger partial charge < -0.3 is 24.6 Å². The van der Waals surface area contributed by atoms with Crippen LogP contribution in [0.15, 0.2) is 51.6 Å². The van der Waals surface area contributed by atoms with Crippen molar-refractivity contribution in [3.63, 3.8) is 0 Å². The molecule has 1 fully saturated rings. The molecule has 1 atom stereocenters. The number of amides is 1. The number of allylic oxidation sites excluding steroid dienone is 1. The van der Waals surface area contributed by atoms with Gasteiger partial charge in [-0.05, 0) is 51.4 Å². The minimum absolute atomic E-state index is 0.0256. The number of hydrogen-bond acceptors (Lipinski definition) is 8. The van der Waals surface area contributed by atoms with E-state index in [0.29, 0.717) is 17.0 Å². The van der Waals surface area contributed by atoms with Gasteiger partial charge in [0.25, 0.3) is 0 Å². The summed E-state index contributed by atoms with van der Waals surface area (Å²) >= 11 is 1.46. The molecule has 3 aliphatic heterocycles. The van der Waals surface area contributed by atoms with Gasteiger partial charge in [0.1, 0.15) is 5.75 Å². The van der Waals surface area contributed by atoms with Gasteiger partial charge in [0.05, 0.1) is 38.0 Å². The summed E-state index contributed by atoms with van der Waals surface area (Å²) in [6, 6.07) is 7.28. The van der Waals surface area contributed by atoms with Gasteiger partial charge in [-0.2, -0.15) is 0 Å². The molecule has 9 heteroatoms. The van der Waals surface area contributed by atoms with Crippen molar-refractivity contribution in [2.45, 2.75) is 38.3 Å². The largest absolute Gasteiger partial charge is 0.496 e. The van der Waals surface area contributed by atoms with E-state index in [4.69, 9.17) is 9.47 Å². The van der Waals surface area contributed by atoms with E-state index in [1.807, 2.05) is 41.5 Å². The van der Waals surface area contributed by atoms with Gasteiger partial charge in [-0.3, -0.25) is 4.79 Å². The summed E-state index contributed by atoms with van der Waals surface area (Å²) in [5.41, 5.74) is 2.65. The Balaban J connectivity index is 1.63. The van der Waals surface area contributed by atoms with Gasteiger partial charge >= 0.3 is 5.97 Å².